The largest absolute Gasteiger partial charge is 0.478 e. The van der Waals surface area contributed by atoms with Crippen LogP contribution in [-0.2, 0) is 13.1 Å². The fourth-order valence-corrected chi connectivity index (χ4v) is 5.15. The average Bonchev–Trinajstić information content (AvgIpc) is 3.43. The van der Waals surface area contributed by atoms with Crippen LogP contribution in [-0.4, -0.2) is 21.6 Å². The number of carbonyl (C=O) groups is 2. The van der Waals surface area contributed by atoms with Gasteiger partial charge in [-0.3, -0.25) is 4.79 Å². The van der Waals surface area contributed by atoms with E-state index in [0.29, 0.717) is 12.1 Å². The van der Waals surface area contributed by atoms with Crippen molar-refractivity contribution in [1.29, 1.82) is 0 Å². The Bertz CT molecular complexity index is 1930. The number of aromatic carboxylic acids is 1. The number of benzene rings is 5. The molecule has 0 unspecified atom stereocenters. The number of amides is 1. The van der Waals surface area contributed by atoms with E-state index in [0.717, 1.165) is 44.3 Å². The number of fused-ring (bicyclic) bond motifs is 1. The Balaban J connectivity index is 1.32. The van der Waals surface area contributed by atoms with Gasteiger partial charge in [0.15, 0.2) is 0 Å². The monoisotopic (exact) mass is 572 g/mol. The summed E-state index contributed by atoms with van der Waals surface area (Å²) in [4.78, 5) is 24.8. The molecule has 1 amide bonds. The highest BCUT2D eigenvalue weighted by molar-refractivity contribution is 6.08. The van der Waals surface area contributed by atoms with Gasteiger partial charge in [-0.1, -0.05) is 60.7 Å². The van der Waals surface area contributed by atoms with Crippen LogP contribution < -0.4 is 5.32 Å². The van der Waals surface area contributed by atoms with Gasteiger partial charge in [0.25, 0.3) is 5.91 Å². The van der Waals surface area contributed by atoms with Crippen LogP contribution in [0.4, 0.5) is 8.78 Å². The van der Waals surface area contributed by atoms with Gasteiger partial charge in [0.1, 0.15) is 11.6 Å². The van der Waals surface area contributed by atoms with E-state index in [1.54, 1.807) is 36.4 Å². The molecule has 7 heteroatoms. The number of hydrogen-bond donors (Lipinski definition) is 2. The molecule has 0 radical (unpaired) electrons. The summed E-state index contributed by atoms with van der Waals surface area (Å²) in [6.07, 6.45) is 1.94. The number of halogens is 2. The van der Waals surface area contributed by atoms with Crippen LogP contribution in [0.1, 0.15) is 31.8 Å². The second-order valence-electron chi connectivity index (χ2n) is 10.3. The minimum Gasteiger partial charge on any atom is -0.478 e. The van der Waals surface area contributed by atoms with Crippen molar-refractivity contribution in [2.24, 2.45) is 0 Å². The molecule has 212 valence electrons. The van der Waals surface area contributed by atoms with Crippen molar-refractivity contribution in [1.82, 2.24) is 9.88 Å². The number of hydrogen-bond acceptors (Lipinski definition) is 2. The Hall–Kier alpha value is -5.56. The summed E-state index contributed by atoms with van der Waals surface area (Å²) in [7, 11) is 0. The molecule has 5 nitrogen and oxygen atoms in total. The van der Waals surface area contributed by atoms with Gasteiger partial charge in [-0.2, -0.15) is 0 Å². The fourth-order valence-electron chi connectivity index (χ4n) is 5.15. The van der Waals surface area contributed by atoms with E-state index < -0.39 is 5.97 Å². The zero-order valence-corrected chi connectivity index (χ0v) is 22.9. The van der Waals surface area contributed by atoms with Crippen molar-refractivity contribution < 1.29 is 23.5 Å². The second-order valence-corrected chi connectivity index (χ2v) is 10.3. The van der Waals surface area contributed by atoms with Crippen LogP contribution in [0, 0.1) is 11.6 Å². The number of nitrogens with one attached hydrogen (secondary N) is 1. The summed E-state index contributed by atoms with van der Waals surface area (Å²) < 4.78 is 29.0. The Kier molecular flexibility index (Phi) is 7.54. The second kappa shape index (κ2) is 11.7. The lowest BCUT2D eigenvalue weighted by molar-refractivity contribution is 0.0696. The van der Waals surface area contributed by atoms with E-state index in [1.165, 1.54) is 36.4 Å². The third-order valence-corrected chi connectivity index (χ3v) is 7.42. The maximum atomic E-state index is 13.7. The Labute approximate surface area is 246 Å². The van der Waals surface area contributed by atoms with E-state index in [9.17, 15) is 18.4 Å². The molecule has 0 saturated heterocycles. The molecule has 1 heterocycles. The van der Waals surface area contributed by atoms with Gasteiger partial charge >= 0.3 is 5.97 Å². The molecule has 6 rings (SSSR count). The van der Waals surface area contributed by atoms with Gasteiger partial charge in [-0.25, -0.2) is 13.6 Å². The lowest BCUT2D eigenvalue weighted by Crippen LogP contribution is -2.23. The van der Waals surface area contributed by atoms with Gasteiger partial charge in [-0.15, -0.1) is 0 Å². The molecule has 0 aliphatic carbocycles. The lowest BCUT2D eigenvalue weighted by Gasteiger charge is -2.14. The molecular weight excluding hydrogens is 546 g/mol. The highest BCUT2D eigenvalue weighted by Gasteiger charge is 2.17. The highest BCUT2D eigenvalue weighted by Crippen LogP contribution is 2.30. The Morgan fingerprint density at radius 1 is 0.651 bits per heavy atom. The number of rotatable bonds is 8. The van der Waals surface area contributed by atoms with E-state index in [2.05, 4.69) is 5.32 Å². The zero-order valence-electron chi connectivity index (χ0n) is 22.9. The third kappa shape index (κ3) is 6.06. The summed E-state index contributed by atoms with van der Waals surface area (Å²) in [6.45, 7) is 0.729. The number of aromatic nitrogens is 1. The number of carbonyl (C=O) groups excluding carboxylic acids is 1. The highest BCUT2D eigenvalue weighted by atomic mass is 19.1. The number of carboxylic acid groups (broad SMARTS) is 1. The van der Waals surface area contributed by atoms with Crippen LogP contribution in [0.3, 0.4) is 0 Å². The first-order valence-electron chi connectivity index (χ1n) is 13.7. The first kappa shape index (κ1) is 27.6. The Morgan fingerprint density at radius 2 is 1.19 bits per heavy atom. The van der Waals surface area contributed by atoms with Crippen molar-refractivity contribution >= 4 is 22.8 Å². The van der Waals surface area contributed by atoms with Crippen molar-refractivity contribution in [3.05, 3.63) is 155 Å². The SMILES string of the molecule is O=C(O)c1ccc(CNC(=O)c2cc(-c3ccc(F)cc3)cc3ccn(Cc4ccc(-c5ccc(F)cc5)cc4)c23)cc1. The minimum atomic E-state index is -1.01. The van der Waals surface area contributed by atoms with Gasteiger partial charge in [-0.05, 0) is 88.0 Å². The van der Waals surface area contributed by atoms with E-state index >= 15 is 0 Å². The first-order valence-corrected chi connectivity index (χ1v) is 13.7. The number of carboxylic acids is 1. The van der Waals surface area contributed by atoms with E-state index in [-0.39, 0.29) is 29.6 Å². The standard InChI is InChI=1S/C36H26F2N2O3/c37-31-13-9-26(10-14-31)25-5-3-24(4-6-25)22-40-18-17-29-19-30(27-11-15-32(38)16-12-27)20-33(34(29)40)35(41)39-21-23-1-7-28(8-2-23)36(42)43/h1-20H,21-22H2,(H,39,41)(H,42,43). The van der Waals surface area contributed by atoms with Crippen molar-refractivity contribution in [3.63, 3.8) is 0 Å². The van der Waals surface area contributed by atoms with Crippen molar-refractivity contribution in [2.75, 3.05) is 0 Å². The molecule has 0 saturated carbocycles. The van der Waals surface area contributed by atoms with Crippen molar-refractivity contribution in [2.45, 2.75) is 13.1 Å². The number of nitrogens with zero attached hydrogens (tertiary/aromatic N) is 1. The molecule has 43 heavy (non-hydrogen) atoms. The van der Waals surface area contributed by atoms with Crippen LogP contribution in [0.5, 0.6) is 0 Å². The van der Waals surface area contributed by atoms with Gasteiger partial charge in [0.2, 0.25) is 0 Å². The molecule has 0 aliphatic rings. The lowest BCUT2D eigenvalue weighted by atomic mass is 9.99. The zero-order chi connectivity index (χ0) is 29.9. The molecule has 0 spiro atoms. The normalized spacial score (nSPS) is 11.0. The van der Waals surface area contributed by atoms with Crippen LogP contribution in [0.15, 0.2) is 121 Å². The molecule has 2 N–H and O–H groups in total. The van der Waals surface area contributed by atoms with Crippen LogP contribution >= 0.6 is 0 Å². The molecule has 0 bridgehead atoms. The minimum absolute atomic E-state index is 0.173. The molecule has 0 aliphatic heterocycles. The van der Waals surface area contributed by atoms with Gasteiger partial charge in [0, 0.05) is 24.7 Å². The maximum Gasteiger partial charge on any atom is 0.335 e. The Morgan fingerprint density at radius 3 is 1.77 bits per heavy atom. The molecule has 6 aromatic rings. The summed E-state index contributed by atoms with van der Waals surface area (Å²) in [5.74, 6) is -1.92. The summed E-state index contributed by atoms with van der Waals surface area (Å²) in [5, 5.41) is 13.0. The third-order valence-electron chi connectivity index (χ3n) is 7.42. The maximum absolute atomic E-state index is 13.7. The van der Waals surface area contributed by atoms with E-state index in [1.807, 2.05) is 53.2 Å². The van der Waals surface area contributed by atoms with Crippen LogP contribution in [0.25, 0.3) is 33.2 Å². The summed E-state index contributed by atoms with van der Waals surface area (Å²) >= 11 is 0. The predicted molar refractivity (Wildman–Crippen MR) is 163 cm³/mol. The first-order chi connectivity index (χ1) is 20.8. The van der Waals surface area contributed by atoms with Gasteiger partial charge in [0.05, 0.1) is 16.6 Å². The van der Waals surface area contributed by atoms with Crippen molar-refractivity contribution in [3.8, 4) is 22.3 Å². The smallest absolute Gasteiger partial charge is 0.335 e. The molecular formula is C36H26F2N2O3. The average molecular weight is 573 g/mol. The quantitative estimate of drug-likeness (QED) is 0.195. The summed E-state index contributed by atoms with van der Waals surface area (Å²) in [6, 6.07) is 32.6. The predicted octanol–water partition coefficient (Wildman–Crippen LogP) is 7.93. The fraction of sp³-hybridized carbons (Fsp3) is 0.0556. The topological polar surface area (TPSA) is 71.3 Å². The molecule has 1 aromatic heterocycles. The molecule has 0 atom stereocenters. The van der Waals surface area contributed by atoms with E-state index in [4.69, 9.17) is 5.11 Å². The molecule has 0 fully saturated rings. The van der Waals surface area contributed by atoms with Crippen LogP contribution in [0.2, 0.25) is 0 Å². The molecule has 5 aromatic carbocycles. The van der Waals surface area contributed by atoms with Gasteiger partial charge < -0.3 is 15.0 Å². The summed E-state index contributed by atoms with van der Waals surface area (Å²) in [5.41, 5.74) is 6.64.